The number of carbonyl (C=O) groups excluding carboxylic acids is 1. The van der Waals surface area contributed by atoms with Crippen molar-refractivity contribution in [2.24, 2.45) is 0 Å². The first-order chi connectivity index (χ1) is 7.33. The average molecular weight is 256 g/mol. The number of carbonyl (C=O) groups is 1. The molecule has 1 aromatic heterocycles. The van der Waals surface area contributed by atoms with E-state index in [0.717, 1.165) is 19.4 Å². The number of alkyl halides is 3. The fourth-order valence-corrected chi connectivity index (χ4v) is 1.09. The molecule has 0 radical (unpaired) electrons. The van der Waals surface area contributed by atoms with Crippen molar-refractivity contribution in [3.8, 4) is 5.75 Å². The Labute approximate surface area is 92.9 Å². The number of pyridine rings is 1. The fourth-order valence-electron chi connectivity index (χ4n) is 0.857. The molecule has 0 aliphatic carbocycles. The first kappa shape index (κ1) is 12.6. The lowest BCUT2D eigenvalue weighted by Gasteiger charge is -2.09. The van der Waals surface area contributed by atoms with Crippen LogP contribution < -0.4 is 4.74 Å². The molecule has 0 N–H and O–H groups in total. The van der Waals surface area contributed by atoms with E-state index in [1.54, 1.807) is 0 Å². The maximum Gasteiger partial charge on any atom is 0.573 e. The van der Waals surface area contributed by atoms with Crippen LogP contribution in [-0.2, 0) is 4.74 Å². The van der Waals surface area contributed by atoms with Crippen molar-refractivity contribution in [2.75, 3.05) is 7.11 Å². The van der Waals surface area contributed by atoms with Gasteiger partial charge in [0.1, 0.15) is 5.75 Å². The van der Waals surface area contributed by atoms with Gasteiger partial charge in [-0.15, -0.1) is 13.2 Å². The molecule has 16 heavy (non-hydrogen) atoms. The molecule has 1 aromatic rings. The molecule has 0 aliphatic rings. The smallest absolute Gasteiger partial charge is 0.464 e. The number of hydrogen-bond donors (Lipinski definition) is 0. The van der Waals surface area contributed by atoms with Crippen molar-refractivity contribution in [2.45, 2.75) is 6.36 Å². The molecule has 0 amide bonds. The maximum atomic E-state index is 11.8. The van der Waals surface area contributed by atoms with Crippen LogP contribution in [0.25, 0.3) is 0 Å². The van der Waals surface area contributed by atoms with Gasteiger partial charge in [0.05, 0.1) is 18.3 Å². The molecule has 1 heterocycles. The monoisotopic (exact) mass is 255 g/mol. The van der Waals surface area contributed by atoms with E-state index < -0.39 is 18.1 Å². The summed E-state index contributed by atoms with van der Waals surface area (Å²) in [5.41, 5.74) is -0.279. The van der Waals surface area contributed by atoms with Crippen LogP contribution in [0.3, 0.4) is 0 Å². The fraction of sp³-hybridized carbons (Fsp3) is 0.250. The zero-order valence-corrected chi connectivity index (χ0v) is 8.59. The Morgan fingerprint density at radius 1 is 1.50 bits per heavy atom. The van der Waals surface area contributed by atoms with Gasteiger partial charge in [0.15, 0.2) is 5.69 Å². The topological polar surface area (TPSA) is 48.4 Å². The predicted molar refractivity (Wildman–Crippen MR) is 47.3 cm³/mol. The molecule has 0 aromatic carbocycles. The largest absolute Gasteiger partial charge is 0.573 e. The number of hydrogen-bond acceptors (Lipinski definition) is 4. The zero-order valence-electron chi connectivity index (χ0n) is 7.84. The van der Waals surface area contributed by atoms with Gasteiger partial charge in [-0.3, -0.25) is 0 Å². The lowest BCUT2D eigenvalue weighted by atomic mass is 10.3. The summed E-state index contributed by atoms with van der Waals surface area (Å²) in [5, 5.41) is -0.284. The second kappa shape index (κ2) is 4.56. The Kier molecular flexibility index (Phi) is 3.58. The van der Waals surface area contributed by atoms with Crippen LogP contribution in [0.2, 0.25) is 5.02 Å². The summed E-state index contributed by atoms with van der Waals surface area (Å²) in [6, 6.07) is 0.828. The molecule has 0 spiro atoms. The van der Waals surface area contributed by atoms with Gasteiger partial charge >= 0.3 is 12.3 Å². The average Bonchev–Trinajstić information content (AvgIpc) is 2.14. The third-order valence-electron chi connectivity index (χ3n) is 1.43. The molecule has 0 saturated carbocycles. The highest BCUT2D eigenvalue weighted by Crippen LogP contribution is 2.26. The third-order valence-corrected chi connectivity index (χ3v) is 1.72. The quantitative estimate of drug-likeness (QED) is 0.762. The first-order valence-corrected chi connectivity index (χ1v) is 4.21. The molecule has 8 heteroatoms. The van der Waals surface area contributed by atoms with Crippen LogP contribution >= 0.6 is 11.6 Å². The Hall–Kier alpha value is -1.50. The summed E-state index contributed by atoms with van der Waals surface area (Å²) < 4.78 is 43.3. The number of methoxy groups -OCH3 is 1. The van der Waals surface area contributed by atoms with E-state index in [9.17, 15) is 18.0 Å². The number of ether oxygens (including phenoxy) is 2. The standard InChI is InChI=1S/C8H5ClF3NO3/c1-15-7(14)6-5(9)2-4(3-13-6)16-8(10,11)12/h2-3H,1H3. The van der Waals surface area contributed by atoms with Crippen LogP contribution in [0.4, 0.5) is 13.2 Å². The van der Waals surface area contributed by atoms with Crippen molar-refractivity contribution in [3.05, 3.63) is 23.0 Å². The predicted octanol–water partition coefficient (Wildman–Crippen LogP) is 2.42. The molecule has 0 saturated heterocycles. The second-order valence-corrected chi connectivity index (χ2v) is 2.95. The van der Waals surface area contributed by atoms with E-state index in [2.05, 4.69) is 14.5 Å². The number of nitrogens with zero attached hydrogens (tertiary/aromatic N) is 1. The number of rotatable bonds is 2. The van der Waals surface area contributed by atoms with Crippen LogP contribution in [0.5, 0.6) is 5.75 Å². The highest BCUT2D eigenvalue weighted by molar-refractivity contribution is 6.33. The Morgan fingerprint density at radius 2 is 2.12 bits per heavy atom. The Bertz CT molecular complexity index is 408. The molecule has 0 fully saturated rings. The molecular weight excluding hydrogens is 251 g/mol. The summed E-state index contributed by atoms with van der Waals surface area (Å²) in [6.45, 7) is 0. The van der Waals surface area contributed by atoms with Gasteiger partial charge in [0.2, 0.25) is 0 Å². The summed E-state index contributed by atoms with van der Waals surface area (Å²) in [4.78, 5) is 14.4. The zero-order chi connectivity index (χ0) is 12.3. The molecular formula is C8H5ClF3NO3. The van der Waals surface area contributed by atoms with Crippen molar-refractivity contribution < 1.29 is 27.4 Å². The van der Waals surface area contributed by atoms with Crippen LogP contribution in [0.15, 0.2) is 12.3 Å². The molecule has 88 valence electrons. The van der Waals surface area contributed by atoms with Crippen molar-refractivity contribution in [1.82, 2.24) is 4.98 Å². The normalized spacial score (nSPS) is 11.1. The molecule has 0 unspecified atom stereocenters. The van der Waals surface area contributed by atoms with Gasteiger partial charge < -0.3 is 9.47 Å². The SMILES string of the molecule is COC(=O)c1ncc(OC(F)(F)F)cc1Cl. The van der Waals surface area contributed by atoms with E-state index in [-0.39, 0.29) is 10.7 Å². The highest BCUT2D eigenvalue weighted by atomic mass is 35.5. The van der Waals surface area contributed by atoms with E-state index in [0.29, 0.717) is 0 Å². The Morgan fingerprint density at radius 3 is 2.56 bits per heavy atom. The van der Waals surface area contributed by atoms with Crippen molar-refractivity contribution >= 4 is 17.6 Å². The van der Waals surface area contributed by atoms with Crippen LogP contribution in [-0.4, -0.2) is 24.4 Å². The maximum absolute atomic E-state index is 11.8. The lowest BCUT2D eigenvalue weighted by Crippen LogP contribution is -2.17. The molecule has 4 nitrogen and oxygen atoms in total. The minimum atomic E-state index is -4.84. The van der Waals surface area contributed by atoms with Crippen molar-refractivity contribution in [1.29, 1.82) is 0 Å². The summed E-state index contributed by atoms with van der Waals surface area (Å²) in [6.07, 6.45) is -4.11. The van der Waals surface area contributed by atoms with Crippen molar-refractivity contribution in [3.63, 3.8) is 0 Å². The minimum Gasteiger partial charge on any atom is -0.464 e. The Balaban J connectivity index is 2.96. The van der Waals surface area contributed by atoms with E-state index >= 15 is 0 Å². The number of aromatic nitrogens is 1. The summed E-state index contributed by atoms with van der Waals surface area (Å²) in [7, 11) is 1.10. The molecule has 0 atom stereocenters. The lowest BCUT2D eigenvalue weighted by molar-refractivity contribution is -0.274. The minimum absolute atomic E-state index is 0.279. The number of halogens is 4. The van der Waals surface area contributed by atoms with Crippen LogP contribution in [0, 0.1) is 0 Å². The third kappa shape index (κ3) is 3.27. The molecule has 0 bridgehead atoms. The second-order valence-electron chi connectivity index (χ2n) is 2.54. The van der Waals surface area contributed by atoms with E-state index in [1.165, 1.54) is 0 Å². The number of esters is 1. The highest BCUT2D eigenvalue weighted by Gasteiger charge is 2.31. The van der Waals surface area contributed by atoms with Gasteiger partial charge in [0, 0.05) is 6.07 Å². The van der Waals surface area contributed by atoms with E-state index in [1.807, 2.05) is 0 Å². The van der Waals surface area contributed by atoms with Gasteiger partial charge in [-0.2, -0.15) is 0 Å². The summed E-state index contributed by atoms with van der Waals surface area (Å²) in [5.74, 6) is -1.45. The first-order valence-electron chi connectivity index (χ1n) is 3.83. The molecule has 1 rings (SSSR count). The summed E-state index contributed by atoms with van der Waals surface area (Å²) >= 11 is 5.52. The van der Waals surface area contributed by atoms with Gasteiger partial charge in [-0.05, 0) is 0 Å². The van der Waals surface area contributed by atoms with Gasteiger partial charge in [-0.1, -0.05) is 11.6 Å². The van der Waals surface area contributed by atoms with Gasteiger partial charge in [0.25, 0.3) is 0 Å². The van der Waals surface area contributed by atoms with E-state index in [4.69, 9.17) is 11.6 Å². The molecule has 0 aliphatic heterocycles. The van der Waals surface area contributed by atoms with Gasteiger partial charge in [-0.25, -0.2) is 9.78 Å². The van der Waals surface area contributed by atoms with Crippen LogP contribution in [0.1, 0.15) is 10.5 Å².